The van der Waals surface area contributed by atoms with Gasteiger partial charge in [0, 0.05) is 17.7 Å². The summed E-state index contributed by atoms with van der Waals surface area (Å²) in [6.07, 6.45) is 1.51. The summed E-state index contributed by atoms with van der Waals surface area (Å²) in [5.74, 6) is 1.23. The van der Waals surface area contributed by atoms with E-state index in [1.807, 2.05) is 44.2 Å². The van der Waals surface area contributed by atoms with Crippen molar-refractivity contribution in [1.82, 2.24) is 10.3 Å². The zero-order chi connectivity index (χ0) is 21.0. The molecular weight excluding hydrogens is 382 g/mol. The summed E-state index contributed by atoms with van der Waals surface area (Å²) in [6.45, 7) is 8.37. The van der Waals surface area contributed by atoms with Gasteiger partial charge >= 0.3 is 0 Å². The Hall–Kier alpha value is -2.73. The average Bonchev–Trinajstić information content (AvgIpc) is 3.10. The van der Waals surface area contributed by atoms with E-state index in [1.165, 1.54) is 5.56 Å². The summed E-state index contributed by atoms with van der Waals surface area (Å²) in [5.41, 5.74) is 4.49. The Morgan fingerprint density at radius 3 is 2.69 bits per heavy atom. The van der Waals surface area contributed by atoms with E-state index in [-0.39, 0.29) is 16.9 Å². The number of benzene rings is 2. The molecule has 0 spiro atoms. The molecule has 29 heavy (non-hydrogen) atoms. The van der Waals surface area contributed by atoms with Crippen LogP contribution >= 0.6 is 12.2 Å². The summed E-state index contributed by atoms with van der Waals surface area (Å²) in [6, 6.07) is 13.8. The van der Waals surface area contributed by atoms with Crippen LogP contribution in [-0.4, -0.2) is 16.0 Å². The van der Waals surface area contributed by atoms with Crippen molar-refractivity contribution in [3.63, 3.8) is 0 Å². The second-order valence-corrected chi connectivity index (χ2v) is 8.14. The fraction of sp³-hybridized carbons (Fsp3) is 0.348. The van der Waals surface area contributed by atoms with Gasteiger partial charge in [-0.25, -0.2) is 4.98 Å². The molecule has 0 fully saturated rings. The number of nitrogens with one attached hydrogen (secondary N) is 2. The molecule has 0 aliphatic carbocycles. The molecule has 1 amide bonds. The zero-order valence-corrected chi connectivity index (χ0v) is 18.1. The largest absolute Gasteiger partial charge is 0.436 e. The number of hydrogen-bond acceptors (Lipinski definition) is 4. The Bertz CT molecular complexity index is 1030. The highest BCUT2D eigenvalue weighted by Crippen LogP contribution is 2.29. The number of carbonyl (C=O) groups excluding carboxylic acids is 1. The van der Waals surface area contributed by atoms with E-state index in [2.05, 4.69) is 41.6 Å². The van der Waals surface area contributed by atoms with Gasteiger partial charge in [0.2, 0.25) is 11.8 Å². The first kappa shape index (κ1) is 21.0. The van der Waals surface area contributed by atoms with Gasteiger partial charge in [0.25, 0.3) is 0 Å². The van der Waals surface area contributed by atoms with E-state index in [0.29, 0.717) is 18.2 Å². The fourth-order valence-electron chi connectivity index (χ4n) is 3.05. The predicted octanol–water partition coefficient (Wildman–Crippen LogP) is 5.87. The number of amides is 1. The van der Waals surface area contributed by atoms with E-state index < -0.39 is 0 Å². The second kappa shape index (κ2) is 9.18. The monoisotopic (exact) mass is 409 g/mol. The smallest absolute Gasteiger partial charge is 0.227 e. The normalized spacial score (nSPS) is 12.2. The van der Waals surface area contributed by atoms with Gasteiger partial charge in [-0.3, -0.25) is 4.79 Å². The molecule has 0 saturated carbocycles. The maximum Gasteiger partial charge on any atom is 0.227 e. The summed E-state index contributed by atoms with van der Waals surface area (Å²) < 4.78 is 5.95. The predicted molar refractivity (Wildman–Crippen MR) is 122 cm³/mol. The molecule has 0 aliphatic rings. The first-order valence-electron chi connectivity index (χ1n) is 9.97. The standard InChI is InChI=1S/C23H27N3O2S/c1-5-15(4)16-9-10-20-19(13-16)25-22(28-20)17-7-6-8-18(12-17)24-23(29)26-21(27)11-14(2)3/h6-10,12-15H,5,11H2,1-4H3,(H2,24,26,27,29)/t15-/m0/s1. The van der Waals surface area contributed by atoms with Crippen LogP contribution < -0.4 is 10.6 Å². The van der Waals surface area contributed by atoms with Crippen LogP contribution in [-0.2, 0) is 4.79 Å². The van der Waals surface area contributed by atoms with Crippen LogP contribution in [0.5, 0.6) is 0 Å². The van der Waals surface area contributed by atoms with Gasteiger partial charge in [-0.05, 0) is 66.4 Å². The number of anilines is 1. The Morgan fingerprint density at radius 1 is 1.17 bits per heavy atom. The summed E-state index contributed by atoms with van der Waals surface area (Å²) in [4.78, 5) is 16.5. The first-order valence-corrected chi connectivity index (χ1v) is 10.4. The molecule has 6 heteroatoms. The number of hydrogen-bond donors (Lipinski definition) is 2. The van der Waals surface area contributed by atoms with Crippen LogP contribution in [0.25, 0.3) is 22.6 Å². The van der Waals surface area contributed by atoms with Crippen molar-refractivity contribution < 1.29 is 9.21 Å². The van der Waals surface area contributed by atoms with Crippen molar-refractivity contribution in [2.75, 3.05) is 5.32 Å². The van der Waals surface area contributed by atoms with Gasteiger partial charge in [-0.15, -0.1) is 0 Å². The lowest BCUT2D eigenvalue weighted by atomic mass is 9.98. The van der Waals surface area contributed by atoms with E-state index in [9.17, 15) is 4.79 Å². The minimum atomic E-state index is -0.0929. The molecule has 0 radical (unpaired) electrons. The number of nitrogens with zero attached hydrogens (tertiary/aromatic N) is 1. The van der Waals surface area contributed by atoms with Crippen molar-refractivity contribution in [3.05, 3.63) is 48.0 Å². The Morgan fingerprint density at radius 2 is 1.97 bits per heavy atom. The Kier molecular flexibility index (Phi) is 6.64. The summed E-state index contributed by atoms with van der Waals surface area (Å²) in [7, 11) is 0. The molecule has 152 valence electrons. The number of aromatic nitrogens is 1. The topological polar surface area (TPSA) is 67.2 Å². The maximum atomic E-state index is 11.9. The molecule has 1 heterocycles. The van der Waals surface area contributed by atoms with Crippen molar-refractivity contribution in [1.29, 1.82) is 0 Å². The molecule has 3 aromatic rings. The van der Waals surface area contributed by atoms with E-state index >= 15 is 0 Å². The van der Waals surface area contributed by atoms with Crippen molar-refractivity contribution >= 4 is 40.0 Å². The van der Waals surface area contributed by atoms with Crippen LogP contribution in [0.15, 0.2) is 46.9 Å². The Labute approximate surface area is 176 Å². The molecule has 0 saturated heterocycles. The third-order valence-corrected chi connectivity index (χ3v) is 5.01. The molecule has 2 aromatic carbocycles. The first-order chi connectivity index (χ1) is 13.9. The van der Waals surface area contributed by atoms with E-state index in [1.54, 1.807) is 0 Å². The number of fused-ring (bicyclic) bond motifs is 1. The summed E-state index contributed by atoms with van der Waals surface area (Å²) >= 11 is 5.25. The molecule has 3 rings (SSSR count). The van der Waals surface area contributed by atoms with Gasteiger partial charge in [0.1, 0.15) is 5.52 Å². The van der Waals surface area contributed by atoms with Crippen LogP contribution in [0.4, 0.5) is 5.69 Å². The van der Waals surface area contributed by atoms with Gasteiger partial charge < -0.3 is 15.1 Å². The second-order valence-electron chi connectivity index (χ2n) is 7.74. The van der Waals surface area contributed by atoms with Gasteiger partial charge in [0.15, 0.2) is 10.7 Å². The van der Waals surface area contributed by atoms with Crippen molar-refractivity contribution in [2.24, 2.45) is 5.92 Å². The molecule has 5 nitrogen and oxygen atoms in total. The van der Waals surface area contributed by atoms with Crippen molar-refractivity contribution in [2.45, 2.75) is 46.5 Å². The number of carbonyl (C=O) groups is 1. The molecule has 0 bridgehead atoms. The molecule has 0 aliphatic heterocycles. The quantitative estimate of drug-likeness (QED) is 0.499. The minimum Gasteiger partial charge on any atom is -0.436 e. The molecule has 1 aromatic heterocycles. The fourth-order valence-corrected chi connectivity index (χ4v) is 3.28. The number of thiocarbonyl (C=S) groups is 1. The van der Waals surface area contributed by atoms with Crippen LogP contribution in [0.3, 0.4) is 0 Å². The van der Waals surface area contributed by atoms with E-state index in [0.717, 1.165) is 28.8 Å². The SMILES string of the molecule is CC[C@H](C)c1ccc2oc(-c3cccc(NC(=S)NC(=O)CC(C)C)c3)nc2c1. The third kappa shape index (κ3) is 5.41. The number of oxazole rings is 1. The van der Waals surface area contributed by atoms with Crippen molar-refractivity contribution in [3.8, 4) is 11.5 Å². The Balaban J connectivity index is 1.76. The average molecular weight is 410 g/mol. The maximum absolute atomic E-state index is 11.9. The summed E-state index contributed by atoms with van der Waals surface area (Å²) in [5, 5.41) is 6.04. The zero-order valence-electron chi connectivity index (χ0n) is 17.3. The lowest BCUT2D eigenvalue weighted by Crippen LogP contribution is -2.34. The molecule has 0 unspecified atom stereocenters. The molecule has 1 atom stereocenters. The molecule has 2 N–H and O–H groups in total. The minimum absolute atomic E-state index is 0.0929. The highest BCUT2D eigenvalue weighted by Gasteiger charge is 2.12. The molecular formula is C23H27N3O2S. The number of rotatable bonds is 6. The van der Waals surface area contributed by atoms with E-state index in [4.69, 9.17) is 16.6 Å². The lowest BCUT2D eigenvalue weighted by molar-refractivity contribution is -0.120. The lowest BCUT2D eigenvalue weighted by Gasteiger charge is -2.11. The van der Waals surface area contributed by atoms with Gasteiger partial charge in [0.05, 0.1) is 0 Å². The van der Waals surface area contributed by atoms with Gasteiger partial charge in [-0.2, -0.15) is 0 Å². The van der Waals surface area contributed by atoms with Crippen LogP contribution in [0.1, 0.15) is 52.0 Å². The highest BCUT2D eigenvalue weighted by molar-refractivity contribution is 7.80. The third-order valence-electron chi connectivity index (χ3n) is 4.81. The van der Waals surface area contributed by atoms with Crippen LogP contribution in [0.2, 0.25) is 0 Å². The van der Waals surface area contributed by atoms with Crippen LogP contribution in [0, 0.1) is 5.92 Å². The van der Waals surface area contributed by atoms with Gasteiger partial charge in [-0.1, -0.05) is 39.8 Å². The highest BCUT2D eigenvalue weighted by atomic mass is 32.1.